The van der Waals surface area contributed by atoms with Crippen LogP contribution in [-0.2, 0) is 14.4 Å². The summed E-state index contributed by atoms with van der Waals surface area (Å²) in [6, 6.07) is 15.0. The van der Waals surface area contributed by atoms with Crippen LogP contribution in [0.5, 0.6) is 0 Å². The third-order valence-electron chi connectivity index (χ3n) is 4.54. The number of rotatable bonds is 6. The van der Waals surface area contributed by atoms with Gasteiger partial charge in [-0.15, -0.1) is 16.9 Å². The number of fused-ring (bicyclic) bond motifs is 1. The minimum atomic E-state index is -0.574. The second-order valence-corrected chi connectivity index (χ2v) is 9.03. The van der Waals surface area contributed by atoms with E-state index in [1.54, 1.807) is 4.68 Å². The molecule has 3 N–H and O–H groups in total. The van der Waals surface area contributed by atoms with E-state index in [-0.39, 0.29) is 18.1 Å². The van der Waals surface area contributed by atoms with Crippen LogP contribution in [0.1, 0.15) is 12.0 Å². The molecule has 2 aromatic carbocycles. The standard InChI is InChI=1S/C20H19N7O3S2/c1-12-6-2-4-8-14(12)27-20(24-25-26-27)31-11-18(29)23-22-17(28)10-16-19(30)21-13-7-3-5-9-15(13)32-16/h2-9,16H,10-11H2,1H3,(H,21,30)(H,22,28)(H,23,29)/t16-/m0/s1. The number of aromatic nitrogens is 4. The number of hydrogen-bond acceptors (Lipinski definition) is 8. The lowest BCUT2D eigenvalue weighted by molar-refractivity contribution is -0.128. The topological polar surface area (TPSA) is 131 Å². The summed E-state index contributed by atoms with van der Waals surface area (Å²) < 4.78 is 1.56. The lowest BCUT2D eigenvalue weighted by atomic mass is 10.2. The van der Waals surface area contributed by atoms with Crippen molar-refractivity contribution in [1.29, 1.82) is 0 Å². The maximum atomic E-state index is 12.2. The van der Waals surface area contributed by atoms with Gasteiger partial charge < -0.3 is 5.32 Å². The number of nitrogens with zero attached hydrogens (tertiary/aromatic N) is 4. The molecule has 0 saturated heterocycles. The monoisotopic (exact) mass is 469 g/mol. The molecule has 1 atom stereocenters. The summed E-state index contributed by atoms with van der Waals surface area (Å²) in [4.78, 5) is 37.5. The van der Waals surface area contributed by atoms with Gasteiger partial charge in [0.1, 0.15) is 0 Å². The highest BCUT2D eigenvalue weighted by Crippen LogP contribution is 2.36. The van der Waals surface area contributed by atoms with Crippen molar-refractivity contribution >= 4 is 46.9 Å². The van der Waals surface area contributed by atoms with Crippen molar-refractivity contribution in [3.8, 4) is 5.69 Å². The fourth-order valence-corrected chi connectivity index (χ4v) is 4.77. The van der Waals surface area contributed by atoms with E-state index in [0.29, 0.717) is 5.16 Å². The van der Waals surface area contributed by atoms with Gasteiger partial charge in [0.05, 0.1) is 22.4 Å². The highest BCUT2D eigenvalue weighted by atomic mass is 32.2. The third kappa shape index (κ3) is 5.08. The van der Waals surface area contributed by atoms with Crippen molar-refractivity contribution < 1.29 is 14.4 Å². The number of anilines is 1. The van der Waals surface area contributed by atoms with Crippen molar-refractivity contribution in [3.63, 3.8) is 0 Å². The summed E-state index contributed by atoms with van der Waals surface area (Å²) in [5.41, 5.74) is 7.26. The summed E-state index contributed by atoms with van der Waals surface area (Å²) in [6.45, 7) is 1.94. The predicted octanol–water partition coefficient (Wildman–Crippen LogP) is 1.71. The first-order valence-corrected chi connectivity index (χ1v) is 11.5. The zero-order valence-corrected chi connectivity index (χ0v) is 18.6. The van der Waals surface area contributed by atoms with Gasteiger partial charge in [-0.05, 0) is 41.1 Å². The molecule has 12 heteroatoms. The average molecular weight is 470 g/mol. The van der Waals surface area contributed by atoms with Crippen molar-refractivity contribution in [2.24, 2.45) is 0 Å². The second-order valence-electron chi connectivity index (χ2n) is 6.84. The van der Waals surface area contributed by atoms with Crippen LogP contribution in [0.4, 0.5) is 5.69 Å². The SMILES string of the molecule is Cc1ccccc1-n1nnnc1SCC(=O)NNC(=O)C[C@@H]1Sc2ccccc2NC1=O. The van der Waals surface area contributed by atoms with Crippen LogP contribution < -0.4 is 16.2 Å². The molecule has 3 amide bonds. The Morgan fingerprint density at radius 3 is 2.72 bits per heavy atom. The maximum Gasteiger partial charge on any atom is 0.248 e. The molecule has 164 valence electrons. The van der Waals surface area contributed by atoms with Gasteiger partial charge in [0.2, 0.25) is 22.9 Å². The molecule has 0 aliphatic carbocycles. The Bertz CT molecular complexity index is 1170. The van der Waals surface area contributed by atoms with E-state index in [2.05, 4.69) is 31.7 Å². The van der Waals surface area contributed by atoms with Gasteiger partial charge in [0.25, 0.3) is 0 Å². The first-order valence-electron chi connectivity index (χ1n) is 9.62. The van der Waals surface area contributed by atoms with Gasteiger partial charge >= 0.3 is 0 Å². The van der Waals surface area contributed by atoms with Gasteiger partial charge in [-0.1, -0.05) is 42.1 Å². The minimum absolute atomic E-state index is 0.00141. The number of aryl methyl sites for hydroxylation is 1. The van der Waals surface area contributed by atoms with E-state index in [1.807, 2.05) is 55.5 Å². The Balaban J connectivity index is 1.26. The van der Waals surface area contributed by atoms with Crippen LogP contribution in [0.3, 0.4) is 0 Å². The molecule has 0 saturated carbocycles. The van der Waals surface area contributed by atoms with Crippen LogP contribution in [0.2, 0.25) is 0 Å². The molecule has 10 nitrogen and oxygen atoms in total. The Morgan fingerprint density at radius 1 is 1.12 bits per heavy atom. The van der Waals surface area contributed by atoms with Gasteiger partial charge in [-0.25, -0.2) is 0 Å². The second kappa shape index (κ2) is 9.83. The lowest BCUT2D eigenvalue weighted by Crippen LogP contribution is -2.44. The van der Waals surface area contributed by atoms with Crippen LogP contribution in [0.15, 0.2) is 58.6 Å². The number of thioether (sulfide) groups is 2. The number of carbonyl (C=O) groups is 3. The average Bonchev–Trinajstić information content (AvgIpc) is 3.25. The molecule has 0 radical (unpaired) electrons. The van der Waals surface area contributed by atoms with Crippen molar-refractivity contribution in [3.05, 3.63) is 54.1 Å². The van der Waals surface area contributed by atoms with Gasteiger partial charge in [0, 0.05) is 11.3 Å². The molecule has 4 rings (SSSR count). The Kier molecular flexibility index (Phi) is 6.71. The highest BCUT2D eigenvalue weighted by molar-refractivity contribution is 8.01. The highest BCUT2D eigenvalue weighted by Gasteiger charge is 2.28. The molecule has 0 unspecified atom stereocenters. The maximum absolute atomic E-state index is 12.2. The number of carbonyl (C=O) groups excluding carboxylic acids is 3. The molecule has 2 heterocycles. The van der Waals surface area contributed by atoms with Gasteiger partial charge in [0.15, 0.2) is 0 Å². The van der Waals surface area contributed by atoms with E-state index < -0.39 is 17.1 Å². The summed E-state index contributed by atoms with van der Waals surface area (Å²) in [5, 5.41) is 14.3. The zero-order chi connectivity index (χ0) is 22.5. The number of para-hydroxylation sites is 2. The molecule has 3 aromatic rings. The normalized spacial score (nSPS) is 14.9. The van der Waals surface area contributed by atoms with E-state index >= 15 is 0 Å². The molecule has 1 aliphatic heterocycles. The number of tetrazole rings is 1. The molecule has 1 aliphatic rings. The molecule has 0 spiro atoms. The largest absolute Gasteiger partial charge is 0.324 e. The van der Waals surface area contributed by atoms with Crippen LogP contribution >= 0.6 is 23.5 Å². The van der Waals surface area contributed by atoms with E-state index in [1.165, 1.54) is 11.8 Å². The van der Waals surface area contributed by atoms with Gasteiger partial charge in [-0.2, -0.15) is 4.68 Å². The van der Waals surface area contributed by atoms with Crippen molar-refractivity contribution in [2.75, 3.05) is 11.1 Å². The molecule has 0 fully saturated rings. The first kappa shape index (κ1) is 21.8. The third-order valence-corrected chi connectivity index (χ3v) is 6.73. The fourth-order valence-electron chi connectivity index (χ4n) is 2.97. The zero-order valence-electron chi connectivity index (χ0n) is 16.9. The first-order chi connectivity index (χ1) is 15.5. The Hall–Kier alpha value is -3.38. The van der Waals surface area contributed by atoms with E-state index in [4.69, 9.17) is 0 Å². The molecule has 32 heavy (non-hydrogen) atoms. The predicted molar refractivity (Wildman–Crippen MR) is 120 cm³/mol. The summed E-state index contributed by atoms with van der Waals surface area (Å²) >= 11 is 2.46. The number of amides is 3. The molecule has 1 aromatic heterocycles. The molecular formula is C20H19N7O3S2. The van der Waals surface area contributed by atoms with Crippen molar-refractivity contribution in [2.45, 2.75) is 28.6 Å². The fraction of sp³-hybridized carbons (Fsp3) is 0.200. The Labute approximate surface area is 191 Å². The summed E-state index contributed by atoms with van der Waals surface area (Å²) in [7, 11) is 0. The van der Waals surface area contributed by atoms with Crippen LogP contribution in [-0.4, -0.2) is 48.9 Å². The number of hydrogen-bond donors (Lipinski definition) is 3. The Morgan fingerprint density at radius 2 is 1.88 bits per heavy atom. The number of hydrazine groups is 1. The van der Waals surface area contributed by atoms with Crippen molar-refractivity contribution in [1.82, 2.24) is 31.1 Å². The molecular weight excluding hydrogens is 450 g/mol. The molecule has 0 bridgehead atoms. The minimum Gasteiger partial charge on any atom is -0.324 e. The van der Waals surface area contributed by atoms with Gasteiger partial charge in [-0.3, -0.25) is 25.2 Å². The lowest BCUT2D eigenvalue weighted by Gasteiger charge is -2.23. The number of benzene rings is 2. The summed E-state index contributed by atoms with van der Waals surface area (Å²) in [6.07, 6.45) is -0.0657. The summed E-state index contributed by atoms with van der Waals surface area (Å²) in [5.74, 6) is -1.12. The van der Waals surface area contributed by atoms with Crippen LogP contribution in [0.25, 0.3) is 5.69 Å². The quantitative estimate of drug-likeness (QED) is 0.367. The smallest absolute Gasteiger partial charge is 0.248 e. The van der Waals surface area contributed by atoms with Crippen LogP contribution in [0, 0.1) is 6.92 Å². The number of nitrogens with one attached hydrogen (secondary N) is 3. The van der Waals surface area contributed by atoms with E-state index in [0.717, 1.165) is 33.6 Å². The van der Waals surface area contributed by atoms with E-state index in [9.17, 15) is 14.4 Å².